The van der Waals surface area contributed by atoms with Gasteiger partial charge in [0, 0.05) is 6.07 Å². The molecule has 0 bridgehead atoms. The van der Waals surface area contributed by atoms with Crippen molar-refractivity contribution in [1.82, 2.24) is 15.4 Å². The summed E-state index contributed by atoms with van der Waals surface area (Å²) in [6.07, 6.45) is -0.200. The molecule has 0 saturated heterocycles. The van der Waals surface area contributed by atoms with E-state index in [0.29, 0.717) is 5.82 Å². The number of aromatic nitrogens is 3. The first-order chi connectivity index (χ1) is 6.13. The Kier molecular flexibility index (Phi) is 3.10. The summed E-state index contributed by atoms with van der Waals surface area (Å²) in [5.74, 6) is 0.389. The number of aliphatic hydroxyl groups excluding tert-OH is 2. The molecule has 0 aliphatic rings. The molecule has 0 aliphatic carbocycles. The van der Waals surface area contributed by atoms with Crippen molar-refractivity contribution in [2.75, 3.05) is 4.90 Å². The number of nitrogens with zero attached hydrogens (tertiary/aromatic N) is 4. The predicted molar refractivity (Wildman–Crippen MR) is 45.7 cm³/mol. The topological polar surface area (TPSA) is 82.4 Å². The largest absolute Gasteiger partial charge is 0.374 e. The van der Waals surface area contributed by atoms with Crippen molar-refractivity contribution >= 4 is 5.82 Å². The van der Waals surface area contributed by atoms with Crippen LogP contribution in [0.2, 0.25) is 0 Å². The fourth-order valence-electron chi connectivity index (χ4n) is 1.07. The van der Waals surface area contributed by atoms with Crippen LogP contribution in [0.5, 0.6) is 0 Å². The summed E-state index contributed by atoms with van der Waals surface area (Å²) in [5.41, 5.74) is 0. The van der Waals surface area contributed by atoms with Crippen LogP contribution in [0.3, 0.4) is 0 Å². The number of anilines is 1. The highest BCUT2D eigenvalue weighted by Crippen LogP contribution is 2.12. The van der Waals surface area contributed by atoms with E-state index in [4.69, 9.17) is 0 Å². The zero-order valence-corrected chi connectivity index (χ0v) is 7.49. The Hall–Kier alpha value is -1.27. The molecule has 2 unspecified atom stereocenters. The van der Waals surface area contributed by atoms with Crippen molar-refractivity contribution in [3.8, 4) is 0 Å². The maximum absolute atomic E-state index is 9.31. The van der Waals surface area contributed by atoms with Gasteiger partial charge < -0.3 is 15.1 Å². The van der Waals surface area contributed by atoms with Gasteiger partial charge >= 0.3 is 0 Å². The van der Waals surface area contributed by atoms with E-state index in [1.807, 2.05) is 0 Å². The lowest BCUT2D eigenvalue weighted by molar-refractivity contribution is 0.103. The van der Waals surface area contributed by atoms with E-state index >= 15 is 0 Å². The van der Waals surface area contributed by atoms with Crippen LogP contribution in [0, 0.1) is 0 Å². The molecule has 0 fully saturated rings. The second-order valence-electron chi connectivity index (χ2n) is 2.65. The highest BCUT2D eigenvalue weighted by molar-refractivity contribution is 5.36. The van der Waals surface area contributed by atoms with Gasteiger partial charge in [-0.15, -0.1) is 10.2 Å². The molecule has 1 rings (SSSR count). The Labute approximate surface area is 75.8 Å². The van der Waals surface area contributed by atoms with Crippen LogP contribution >= 0.6 is 0 Å². The lowest BCUT2D eigenvalue weighted by atomic mass is 10.4. The first-order valence-electron chi connectivity index (χ1n) is 3.91. The molecule has 0 amide bonds. The van der Waals surface area contributed by atoms with Crippen LogP contribution in [-0.2, 0) is 0 Å². The zero-order chi connectivity index (χ0) is 9.84. The summed E-state index contributed by atoms with van der Waals surface area (Å²) in [7, 11) is 0. The van der Waals surface area contributed by atoms with E-state index < -0.39 is 12.5 Å². The average Bonchev–Trinajstić information content (AvgIpc) is 2.04. The van der Waals surface area contributed by atoms with Gasteiger partial charge in [-0.1, -0.05) is 0 Å². The number of aliphatic hydroxyl groups is 2. The van der Waals surface area contributed by atoms with E-state index in [1.54, 1.807) is 6.07 Å². The number of hydrogen-bond donors (Lipinski definition) is 2. The minimum absolute atomic E-state index is 0.389. The van der Waals surface area contributed by atoms with E-state index in [0.717, 1.165) is 0 Å². The summed E-state index contributed by atoms with van der Waals surface area (Å²) in [5, 5.41) is 29.2. The van der Waals surface area contributed by atoms with Crippen LogP contribution in [-0.4, -0.2) is 38.1 Å². The van der Waals surface area contributed by atoms with Crippen molar-refractivity contribution in [2.45, 2.75) is 26.3 Å². The van der Waals surface area contributed by atoms with Crippen molar-refractivity contribution in [2.24, 2.45) is 0 Å². The molecule has 2 N–H and O–H groups in total. The molecule has 0 spiro atoms. The first kappa shape index (κ1) is 9.82. The fraction of sp³-hybridized carbons (Fsp3) is 0.571. The van der Waals surface area contributed by atoms with Gasteiger partial charge in [-0.25, -0.2) is 0 Å². The van der Waals surface area contributed by atoms with Crippen molar-refractivity contribution in [1.29, 1.82) is 0 Å². The van der Waals surface area contributed by atoms with Gasteiger partial charge in [-0.05, 0) is 19.1 Å². The number of rotatable bonds is 3. The van der Waals surface area contributed by atoms with Gasteiger partial charge in [0.25, 0.3) is 0 Å². The molecule has 72 valence electrons. The van der Waals surface area contributed by atoms with Gasteiger partial charge in [0.05, 0.1) is 6.20 Å². The van der Waals surface area contributed by atoms with Crippen LogP contribution in [0.15, 0.2) is 12.3 Å². The van der Waals surface area contributed by atoms with Crippen molar-refractivity contribution in [3.63, 3.8) is 0 Å². The third-order valence-corrected chi connectivity index (χ3v) is 1.56. The highest BCUT2D eigenvalue weighted by Gasteiger charge is 2.17. The first-order valence-corrected chi connectivity index (χ1v) is 3.91. The van der Waals surface area contributed by atoms with E-state index in [2.05, 4.69) is 15.4 Å². The van der Waals surface area contributed by atoms with Gasteiger partial charge in [-0.3, -0.25) is 0 Å². The molecule has 1 heterocycles. The molecule has 0 radical (unpaired) electrons. The van der Waals surface area contributed by atoms with Crippen LogP contribution < -0.4 is 4.90 Å². The summed E-state index contributed by atoms with van der Waals surface area (Å²) in [6.45, 7) is 3.07. The molecule has 1 aromatic heterocycles. The molecular weight excluding hydrogens is 172 g/mol. The van der Waals surface area contributed by atoms with Crippen molar-refractivity contribution < 1.29 is 10.2 Å². The monoisotopic (exact) mass is 184 g/mol. The van der Waals surface area contributed by atoms with E-state index in [-0.39, 0.29) is 0 Å². The predicted octanol–water partition coefficient (Wildman–Crippen LogP) is -0.645. The highest BCUT2D eigenvalue weighted by atomic mass is 16.3. The normalized spacial score (nSPS) is 15.1. The smallest absolute Gasteiger partial charge is 0.158 e. The lowest BCUT2D eigenvalue weighted by Crippen LogP contribution is -2.40. The summed E-state index contributed by atoms with van der Waals surface area (Å²) in [6, 6.07) is 1.56. The Morgan fingerprint density at radius 3 is 2.31 bits per heavy atom. The molecule has 0 aliphatic heterocycles. The summed E-state index contributed by atoms with van der Waals surface area (Å²) < 4.78 is 0. The van der Waals surface area contributed by atoms with E-state index in [9.17, 15) is 10.2 Å². The SMILES string of the molecule is CC(O)N(c1ccnnn1)C(C)O. The van der Waals surface area contributed by atoms with Crippen LogP contribution in [0.1, 0.15) is 13.8 Å². The quantitative estimate of drug-likeness (QED) is 0.608. The number of hydrogen-bond acceptors (Lipinski definition) is 6. The Bertz CT molecular complexity index is 244. The molecule has 6 nitrogen and oxygen atoms in total. The van der Waals surface area contributed by atoms with Gasteiger partial charge in [0.1, 0.15) is 12.5 Å². The zero-order valence-electron chi connectivity index (χ0n) is 7.49. The Morgan fingerprint density at radius 1 is 1.31 bits per heavy atom. The second-order valence-corrected chi connectivity index (χ2v) is 2.65. The summed E-state index contributed by atoms with van der Waals surface area (Å²) in [4.78, 5) is 1.31. The Morgan fingerprint density at radius 2 is 1.92 bits per heavy atom. The molecule has 0 saturated carbocycles. The summed E-state index contributed by atoms with van der Waals surface area (Å²) >= 11 is 0. The van der Waals surface area contributed by atoms with E-state index in [1.165, 1.54) is 24.9 Å². The molecule has 0 aromatic carbocycles. The molecule has 6 heteroatoms. The average molecular weight is 184 g/mol. The molecule has 1 aromatic rings. The van der Waals surface area contributed by atoms with Gasteiger partial charge in [-0.2, -0.15) is 0 Å². The maximum Gasteiger partial charge on any atom is 0.158 e. The lowest BCUT2D eigenvalue weighted by Gasteiger charge is -2.28. The standard InChI is InChI=1S/C7H12N4O2/c1-5(12)11(6(2)13)7-3-4-8-10-9-7/h3-6,12-13H,1-2H3. The van der Waals surface area contributed by atoms with Crippen LogP contribution in [0.4, 0.5) is 5.82 Å². The third kappa shape index (κ3) is 2.33. The molecular formula is C7H12N4O2. The van der Waals surface area contributed by atoms with Crippen molar-refractivity contribution in [3.05, 3.63) is 12.3 Å². The fourth-order valence-corrected chi connectivity index (χ4v) is 1.07. The third-order valence-electron chi connectivity index (χ3n) is 1.56. The molecule has 2 atom stereocenters. The van der Waals surface area contributed by atoms with Crippen LogP contribution in [0.25, 0.3) is 0 Å². The van der Waals surface area contributed by atoms with Gasteiger partial charge in [0.15, 0.2) is 5.82 Å². The molecule has 13 heavy (non-hydrogen) atoms. The van der Waals surface area contributed by atoms with Gasteiger partial charge in [0.2, 0.25) is 0 Å². The maximum atomic E-state index is 9.31. The second kappa shape index (κ2) is 4.11. The minimum Gasteiger partial charge on any atom is -0.374 e. The Balaban J connectivity index is 2.89. The minimum atomic E-state index is -0.823.